The van der Waals surface area contributed by atoms with E-state index >= 15 is 0 Å². The Bertz CT molecular complexity index is 1190. The molecule has 2 N–H and O–H groups in total. The number of hydrogen-bond donors (Lipinski definition) is 2. The molecule has 0 saturated carbocycles. The second-order valence-electron chi connectivity index (χ2n) is 8.33. The van der Waals surface area contributed by atoms with Crippen molar-refractivity contribution in [1.29, 1.82) is 0 Å². The van der Waals surface area contributed by atoms with Crippen LogP contribution in [0, 0.1) is 19.8 Å². The van der Waals surface area contributed by atoms with Gasteiger partial charge in [0.1, 0.15) is 0 Å². The topological polar surface area (TPSA) is 78.5 Å². The van der Waals surface area contributed by atoms with Crippen molar-refractivity contribution in [3.63, 3.8) is 0 Å². The molecule has 0 aromatic heterocycles. The zero-order chi connectivity index (χ0) is 23.4. The van der Waals surface area contributed by atoms with Gasteiger partial charge < -0.3 is 15.5 Å². The van der Waals surface area contributed by atoms with E-state index in [1.165, 1.54) is 0 Å². The van der Waals surface area contributed by atoms with Crippen molar-refractivity contribution in [3.8, 4) is 0 Å². The molecule has 1 fully saturated rings. The zero-order valence-electron chi connectivity index (χ0n) is 18.8. The minimum absolute atomic E-state index is 0.0715. The lowest BCUT2D eigenvalue weighted by molar-refractivity contribution is -0.122. The highest BCUT2D eigenvalue weighted by atomic mass is 16.2. The molecular weight excluding hydrogens is 414 g/mol. The molecule has 168 valence electrons. The molecule has 1 aliphatic heterocycles. The Labute approximate surface area is 193 Å². The van der Waals surface area contributed by atoms with Crippen molar-refractivity contribution in [1.82, 2.24) is 5.32 Å². The van der Waals surface area contributed by atoms with Gasteiger partial charge in [-0.25, -0.2) is 0 Å². The minimum Gasteiger partial charge on any atom is -0.348 e. The van der Waals surface area contributed by atoms with Crippen LogP contribution in [0.4, 0.5) is 11.4 Å². The van der Waals surface area contributed by atoms with E-state index in [4.69, 9.17) is 0 Å². The quantitative estimate of drug-likeness (QED) is 0.601. The van der Waals surface area contributed by atoms with Gasteiger partial charge in [0.2, 0.25) is 11.8 Å². The lowest BCUT2D eigenvalue weighted by atomic mass is 10.1. The number of amides is 3. The Hall–Kier alpha value is -3.93. The summed E-state index contributed by atoms with van der Waals surface area (Å²) in [5.74, 6) is -1.09. The Kier molecular flexibility index (Phi) is 6.54. The molecule has 0 unspecified atom stereocenters. The molecule has 1 heterocycles. The Balaban J connectivity index is 1.44. The van der Waals surface area contributed by atoms with Crippen molar-refractivity contribution in [2.75, 3.05) is 16.8 Å². The van der Waals surface area contributed by atoms with Crippen LogP contribution >= 0.6 is 0 Å². The van der Waals surface area contributed by atoms with Crippen LogP contribution in [0.1, 0.15) is 33.5 Å². The van der Waals surface area contributed by atoms with Crippen LogP contribution in [0.2, 0.25) is 0 Å². The largest absolute Gasteiger partial charge is 0.348 e. The fraction of sp³-hybridized carbons (Fsp3) is 0.222. The maximum absolute atomic E-state index is 13.0. The number of hydrogen-bond acceptors (Lipinski definition) is 3. The number of rotatable bonds is 6. The van der Waals surface area contributed by atoms with Gasteiger partial charge in [-0.3, -0.25) is 14.4 Å². The van der Waals surface area contributed by atoms with E-state index in [1.54, 1.807) is 29.2 Å². The summed E-state index contributed by atoms with van der Waals surface area (Å²) < 4.78 is 0. The molecule has 0 bridgehead atoms. The zero-order valence-corrected chi connectivity index (χ0v) is 18.8. The van der Waals surface area contributed by atoms with Crippen LogP contribution in [-0.4, -0.2) is 24.3 Å². The predicted molar refractivity (Wildman–Crippen MR) is 129 cm³/mol. The first kappa shape index (κ1) is 22.3. The van der Waals surface area contributed by atoms with Crippen molar-refractivity contribution in [2.45, 2.75) is 26.8 Å². The van der Waals surface area contributed by atoms with Gasteiger partial charge in [-0.2, -0.15) is 0 Å². The molecule has 1 saturated heterocycles. The van der Waals surface area contributed by atoms with Crippen molar-refractivity contribution in [2.24, 2.45) is 5.92 Å². The fourth-order valence-electron chi connectivity index (χ4n) is 4.04. The Morgan fingerprint density at radius 3 is 2.45 bits per heavy atom. The number of nitrogens with zero attached hydrogens (tertiary/aromatic N) is 1. The van der Waals surface area contributed by atoms with E-state index in [2.05, 4.69) is 10.6 Å². The molecule has 3 aromatic rings. The first-order chi connectivity index (χ1) is 15.9. The summed E-state index contributed by atoms with van der Waals surface area (Å²) in [6.07, 6.45) is 0.140. The molecule has 6 nitrogen and oxygen atoms in total. The van der Waals surface area contributed by atoms with Gasteiger partial charge in [0.15, 0.2) is 0 Å². The van der Waals surface area contributed by atoms with Crippen molar-refractivity contribution in [3.05, 3.63) is 95.1 Å². The number of anilines is 2. The third-order valence-electron chi connectivity index (χ3n) is 6.09. The number of carbonyl (C=O) groups is 3. The number of aryl methyl sites for hydroxylation is 1. The van der Waals surface area contributed by atoms with E-state index in [-0.39, 0.29) is 24.1 Å². The summed E-state index contributed by atoms with van der Waals surface area (Å²) in [6, 6.07) is 22.4. The van der Waals surface area contributed by atoms with Crippen LogP contribution in [0.25, 0.3) is 0 Å². The van der Waals surface area contributed by atoms with Crippen molar-refractivity contribution < 1.29 is 14.4 Å². The second-order valence-corrected chi connectivity index (χ2v) is 8.33. The third kappa shape index (κ3) is 4.95. The van der Waals surface area contributed by atoms with E-state index in [1.807, 2.05) is 62.4 Å². The second kappa shape index (κ2) is 9.69. The van der Waals surface area contributed by atoms with Crippen LogP contribution in [0.3, 0.4) is 0 Å². The highest BCUT2D eigenvalue weighted by Gasteiger charge is 2.36. The maximum Gasteiger partial charge on any atom is 0.253 e. The molecular formula is C27H27N3O3. The van der Waals surface area contributed by atoms with Crippen molar-refractivity contribution >= 4 is 29.1 Å². The smallest absolute Gasteiger partial charge is 0.253 e. The highest BCUT2D eigenvalue weighted by Crippen LogP contribution is 2.30. The van der Waals surface area contributed by atoms with E-state index in [9.17, 15) is 14.4 Å². The van der Waals surface area contributed by atoms with Crippen LogP contribution in [0.5, 0.6) is 0 Å². The van der Waals surface area contributed by atoms with Gasteiger partial charge in [-0.15, -0.1) is 0 Å². The lowest BCUT2D eigenvalue weighted by Gasteiger charge is -2.20. The van der Waals surface area contributed by atoms with E-state index in [0.29, 0.717) is 24.3 Å². The molecule has 0 spiro atoms. The average molecular weight is 442 g/mol. The standard InChI is InChI=1S/C27H27N3O3/c1-18-9-8-14-24(19(18)2)30-17-21(15-25(30)31)26(32)29-23-13-7-6-12-22(23)27(33)28-16-20-10-4-3-5-11-20/h3-14,21H,15-17H2,1-2H3,(H,28,33)(H,29,32)/t21-/m0/s1. The number of benzene rings is 3. The predicted octanol–water partition coefficient (Wildman–Crippen LogP) is 4.23. The van der Waals surface area contributed by atoms with Gasteiger partial charge in [0.25, 0.3) is 5.91 Å². The number of carbonyl (C=O) groups excluding carboxylic acids is 3. The molecule has 3 aromatic carbocycles. The lowest BCUT2D eigenvalue weighted by Crippen LogP contribution is -2.30. The Morgan fingerprint density at radius 1 is 0.939 bits per heavy atom. The summed E-state index contributed by atoms with van der Waals surface area (Å²) in [5, 5.41) is 5.76. The van der Waals surface area contributed by atoms with Crippen LogP contribution in [0.15, 0.2) is 72.8 Å². The van der Waals surface area contributed by atoms with Gasteiger partial charge in [-0.1, -0.05) is 54.6 Å². The van der Waals surface area contributed by atoms with Crippen LogP contribution < -0.4 is 15.5 Å². The SMILES string of the molecule is Cc1cccc(N2C[C@@H](C(=O)Nc3ccccc3C(=O)NCc3ccccc3)CC2=O)c1C. The van der Waals surface area contributed by atoms with Gasteiger partial charge >= 0.3 is 0 Å². The maximum atomic E-state index is 13.0. The van der Waals surface area contributed by atoms with Crippen LogP contribution in [-0.2, 0) is 16.1 Å². The third-order valence-corrected chi connectivity index (χ3v) is 6.09. The molecule has 3 amide bonds. The molecule has 33 heavy (non-hydrogen) atoms. The van der Waals surface area contributed by atoms with E-state index in [0.717, 1.165) is 22.4 Å². The van der Waals surface area contributed by atoms with E-state index < -0.39 is 5.92 Å². The first-order valence-corrected chi connectivity index (χ1v) is 11.0. The van der Waals surface area contributed by atoms with Gasteiger partial charge in [0.05, 0.1) is 17.2 Å². The summed E-state index contributed by atoms with van der Waals surface area (Å²) in [7, 11) is 0. The number of nitrogens with one attached hydrogen (secondary N) is 2. The summed E-state index contributed by atoms with van der Waals surface area (Å²) >= 11 is 0. The summed E-state index contributed by atoms with van der Waals surface area (Å²) in [4.78, 5) is 40.2. The average Bonchev–Trinajstić information content (AvgIpc) is 3.22. The Morgan fingerprint density at radius 2 is 1.67 bits per heavy atom. The monoisotopic (exact) mass is 441 g/mol. The molecule has 6 heteroatoms. The first-order valence-electron chi connectivity index (χ1n) is 11.0. The van der Waals surface area contributed by atoms with Gasteiger partial charge in [0, 0.05) is 25.2 Å². The minimum atomic E-state index is -0.488. The normalized spacial score (nSPS) is 15.4. The molecule has 0 radical (unpaired) electrons. The summed E-state index contributed by atoms with van der Waals surface area (Å²) in [5.41, 5.74) is 4.79. The molecule has 4 rings (SSSR count). The summed E-state index contributed by atoms with van der Waals surface area (Å²) in [6.45, 7) is 4.69. The highest BCUT2D eigenvalue weighted by molar-refractivity contribution is 6.07. The number of para-hydroxylation sites is 1. The molecule has 1 atom stereocenters. The van der Waals surface area contributed by atoms with Gasteiger partial charge in [-0.05, 0) is 48.7 Å². The molecule has 1 aliphatic rings. The fourth-order valence-corrected chi connectivity index (χ4v) is 4.04. The molecule has 0 aliphatic carbocycles.